The highest BCUT2D eigenvalue weighted by Gasteiger charge is 2.28. The van der Waals surface area contributed by atoms with Crippen molar-refractivity contribution < 1.29 is 9.50 Å². The van der Waals surface area contributed by atoms with E-state index in [0.717, 1.165) is 13.1 Å². The fourth-order valence-corrected chi connectivity index (χ4v) is 2.04. The van der Waals surface area contributed by atoms with Crippen molar-refractivity contribution in [1.29, 1.82) is 0 Å². The lowest BCUT2D eigenvalue weighted by Gasteiger charge is -2.32. The molecule has 14 heavy (non-hydrogen) atoms. The van der Waals surface area contributed by atoms with E-state index in [0.29, 0.717) is 10.0 Å². The predicted molar refractivity (Wildman–Crippen MR) is 55.4 cm³/mol. The van der Waals surface area contributed by atoms with Crippen molar-refractivity contribution >= 4 is 15.9 Å². The van der Waals surface area contributed by atoms with Gasteiger partial charge in [0, 0.05) is 19.0 Å². The molecule has 0 radical (unpaired) electrons. The maximum Gasteiger partial charge on any atom is 0.137 e. The van der Waals surface area contributed by atoms with Crippen LogP contribution in [0.3, 0.4) is 0 Å². The van der Waals surface area contributed by atoms with Crippen molar-refractivity contribution in [2.75, 3.05) is 13.1 Å². The molecule has 4 heteroatoms. The quantitative estimate of drug-likeness (QED) is 0.850. The number of aliphatic hydroxyl groups excluding tert-OH is 1. The van der Waals surface area contributed by atoms with Gasteiger partial charge in [-0.15, -0.1) is 0 Å². The number of nitrogens with one attached hydrogen (secondary N) is 1. The number of benzene rings is 1. The molecular formula is C10H11BrFNO. The van der Waals surface area contributed by atoms with Crippen LogP contribution in [0.25, 0.3) is 0 Å². The van der Waals surface area contributed by atoms with E-state index in [2.05, 4.69) is 21.2 Å². The Kier molecular flexibility index (Phi) is 2.85. The van der Waals surface area contributed by atoms with Crippen LogP contribution in [0.5, 0.6) is 0 Å². The monoisotopic (exact) mass is 259 g/mol. The van der Waals surface area contributed by atoms with E-state index in [-0.39, 0.29) is 11.7 Å². The normalized spacial score (nSPS) is 19.1. The number of halogens is 2. The van der Waals surface area contributed by atoms with Crippen LogP contribution in [0, 0.1) is 11.7 Å². The third-order valence-electron chi connectivity index (χ3n) is 2.56. The molecule has 1 aliphatic heterocycles. The highest BCUT2D eigenvalue weighted by molar-refractivity contribution is 9.10. The van der Waals surface area contributed by atoms with Gasteiger partial charge in [-0.2, -0.15) is 0 Å². The fourth-order valence-electron chi connectivity index (χ4n) is 1.54. The van der Waals surface area contributed by atoms with E-state index in [9.17, 15) is 9.50 Å². The summed E-state index contributed by atoms with van der Waals surface area (Å²) >= 11 is 3.15. The molecule has 1 aromatic carbocycles. The van der Waals surface area contributed by atoms with Gasteiger partial charge in [0.15, 0.2) is 0 Å². The van der Waals surface area contributed by atoms with Crippen molar-refractivity contribution in [1.82, 2.24) is 5.32 Å². The molecule has 1 aliphatic rings. The lowest BCUT2D eigenvalue weighted by Crippen LogP contribution is -2.45. The molecule has 1 saturated heterocycles. The molecule has 0 spiro atoms. The second-order valence-electron chi connectivity index (χ2n) is 3.51. The minimum atomic E-state index is -0.582. The Morgan fingerprint density at radius 2 is 2.21 bits per heavy atom. The zero-order valence-electron chi connectivity index (χ0n) is 7.50. The lowest BCUT2D eigenvalue weighted by atomic mass is 9.91. The summed E-state index contributed by atoms with van der Waals surface area (Å²) in [4.78, 5) is 0. The van der Waals surface area contributed by atoms with E-state index in [1.165, 1.54) is 6.07 Å². The molecule has 0 bridgehead atoms. The molecule has 76 valence electrons. The highest BCUT2D eigenvalue weighted by Crippen LogP contribution is 2.31. The average Bonchev–Trinajstić information content (AvgIpc) is 2.06. The first-order chi connectivity index (χ1) is 6.70. The second-order valence-corrected chi connectivity index (χ2v) is 4.30. The Balaban J connectivity index is 2.26. The Hall–Kier alpha value is -0.450. The highest BCUT2D eigenvalue weighted by atomic mass is 79.9. The number of hydrogen-bond donors (Lipinski definition) is 2. The summed E-state index contributed by atoms with van der Waals surface area (Å²) in [6.45, 7) is 1.59. The summed E-state index contributed by atoms with van der Waals surface area (Å²) in [5.41, 5.74) is 0.636. The van der Waals surface area contributed by atoms with Gasteiger partial charge >= 0.3 is 0 Å². The van der Waals surface area contributed by atoms with Crippen LogP contribution in [0.15, 0.2) is 22.7 Å². The molecule has 0 saturated carbocycles. The van der Waals surface area contributed by atoms with Crippen molar-refractivity contribution in [2.24, 2.45) is 5.92 Å². The van der Waals surface area contributed by atoms with E-state index < -0.39 is 6.10 Å². The molecule has 1 fully saturated rings. The van der Waals surface area contributed by atoms with Gasteiger partial charge in [-0.1, -0.05) is 12.1 Å². The van der Waals surface area contributed by atoms with E-state index >= 15 is 0 Å². The number of rotatable bonds is 2. The molecule has 1 aromatic rings. The van der Waals surface area contributed by atoms with Crippen molar-refractivity contribution in [3.8, 4) is 0 Å². The van der Waals surface area contributed by atoms with Crippen LogP contribution >= 0.6 is 15.9 Å². The number of aliphatic hydroxyl groups is 1. The third kappa shape index (κ3) is 1.69. The lowest BCUT2D eigenvalue weighted by molar-refractivity contribution is 0.0758. The first-order valence-corrected chi connectivity index (χ1v) is 5.32. The van der Waals surface area contributed by atoms with Crippen LogP contribution in [0.2, 0.25) is 0 Å². The van der Waals surface area contributed by atoms with Gasteiger partial charge in [0.1, 0.15) is 5.82 Å². The Morgan fingerprint density at radius 3 is 2.79 bits per heavy atom. The smallest absolute Gasteiger partial charge is 0.137 e. The second kappa shape index (κ2) is 3.96. The largest absolute Gasteiger partial charge is 0.388 e. The fraction of sp³-hybridized carbons (Fsp3) is 0.400. The molecule has 1 atom stereocenters. The summed E-state index contributed by atoms with van der Waals surface area (Å²) in [6.07, 6.45) is -0.582. The maximum absolute atomic E-state index is 13.2. The van der Waals surface area contributed by atoms with Gasteiger partial charge in [-0.25, -0.2) is 4.39 Å². The van der Waals surface area contributed by atoms with Crippen molar-refractivity contribution in [3.05, 3.63) is 34.1 Å². The zero-order valence-corrected chi connectivity index (χ0v) is 9.09. The molecule has 2 rings (SSSR count). The summed E-state index contributed by atoms with van der Waals surface area (Å²) < 4.78 is 13.5. The van der Waals surface area contributed by atoms with Crippen molar-refractivity contribution in [3.63, 3.8) is 0 Å². The van der Waals surface area contributed by atoms with Crippen LogP contribution in [-0.4, -0.2) is 18.2 Å². The van der Waals surface area contributed by atoms with Crippen molar-refractivity contribution in [2.45, 2.75) is 6.10 Å². The first-order valence-electron chi connectivity index (χ1n) is 4.53. The van der Waals surface area contributed by atoms with E-state index in [1.807, 2.05) is 0 Å². The number of hydrogen-bond acceptors (Lipinski definition) is 2. The summed E-state index contributed by atoms with van der Waals surface area (Å²) in [5.74, 6) is -0.123. The zero-order chi connectivity index (χ0) is 10.1. The molecule has 1 unspecified atom stereocenters. The van der Waals surface area contributed by atoms with E-state index in [4.69, 9.17) is 0 Å². The van der Waals surface area contributed by atoms with Gasteiger partial charge in [0.2, 0.25) is 0 Å². The maximum atomic E-state index is 13.2. The minimum absolute atomic E-state index is 0.202. The van der Waals surface area contributed by atoms with Crippen LogP contribution < -0.4 is 5.32 Å². The Labute approximate surface area is 90.3 Å². The Bertz CT molecular complexity index is 341. The minimum Gasteiger partial charge on any atom is -0.388 e. The molecule has 0 aliphatic carbocycles. The SMILES string of the molecule is OC(c1cccc(F)c1Br)C1CNC1. The van der Waals surface area contributed by atoms with Crippen LogP contribution in [0.4, 0.5) is 4.39 Å². The summed E-state index contributed by atoms with van der Waals surface area (Å²) in [5, 5.41) is 13.0. The molecule has 2 nitrogen and oxygen atoms in total. The molecule has 2 N–H and O–H groups in total. The molecule has 0 aromatic heterocycles. The summed E-state index contributed by atoms with van der Waals surface area (Å²) in [6, 6.07) is 4.74. The van der Waals surface area contributed by atoms with Gasteiger partial charge in [-0.05, 0) is 27.6 Å². The molecular weight excluding hydrogens is 249 g/mol. The topological polar surface area (TPSA) is 32.3 Å². The van der Waals surface area contributed by atoms with Crippen LogP contribution in [-0.2, 0) is 0 Å². The summed E-state index contributed by atoms with van der Waals surface area (Å²) in [7, 11) is 0. The Morgan fingerprint density at radius 1 is 1.50 bits per heavy atom. The van der Waals surface area contributed by atoms with E-state index in [1.54, 1.807) is 12.1 Å². The average molecular weight is 260 g/mol. The van der Waals surface area contributed by atoms with Gasteiger partial charge in [0.25, 0.3) is 0 Å². The first kappa shape index (κ1) is 10.1. The van der Waals surface area contributed by atoms with Gasteiger partial charge < -0.3 is 10.4 Å². The van der Waals surface area contributed by atoms with Crippen LogP contribution in [0.1, 0.15) is 11.7 Å². The molecule has 0 amide bonds. The van der Waals surface area contributed by atoms with Gasteiger partial charge in [0.05, 0.1) is 10.6 Å². The molecule has 1 heterocycles. The standard InChI is InChI=1S/C10H11BrFNO/c11-9-7(2-1-3-8(9)12)10(14)6-4-13-5-6/h1-3,6,10,13-14H,4-5H2. The predicted octanol–water partition coefficient (Wildman–Crippen LogP) is 1.84. The third-order valence-corrected chi connectivity index (χ3v) is 3.40. The van der Waals surface area contributed by atoms with Gasteiger partial charge in [-0.3, -0.25) is 0 Å².